The molecule has 1 aliphatic carbocycles. The molecule has 4 aliphatic heterocycles. The molecule has 0 bridgehead atoms. The van der Waals surface area contributed by atoms with E-state index in [1.807, 2.05) is 59.3 Å². The molecule has 5 aromatic rings. The molecule has 1 unspecified atom stereocenters. The van der Waals surface area contributed by atoms with Crippen LogP contribution in [0.15, 0.2) is 136 Å². The highest BCUT2D eigenvalue weighted by Crippen LogP contribution is 2.45. The van der Waals surface area contributed by atoms with Gasteiger partial charge >= 0.3 is 5.51 Å². The second kappa shape index (κ2) is 29.0. The first-order valence-corrected chi connectivity index (χ1v) is 35.1. The number of imide groups is 1. The van der Waals surface area contributed by atoms with E-state index in [1.165, 1.54) is 39.9 Å². The van der Waals surface area contributed by atoms with Crippen LogP contribution in [0.25, 0.3) is 5.57 Å². The molecule has 0 spiro atoms. The Kier molecular flexibility index (Phi) is 21.4. The van der Waals surface area contributed by atoms with Gasteiger partial charge in [0, 0.05) is 129 Å². The van der Waals surface area contributed by atoms with Gasteiger partial charge in [0.1, 0.15) is 10.9 Å². The quantitative estimate of drug-likeness (QED) is 0.0356. The highest BCUT2D eigenvalue weighted by atomic mass is 35.5. The molecule has 4 amide bonds. The van der Waals surface area contributed by atoms with E-state index in [-0.39, 0.29) is 41.8 Å². The number of alkyl halides is 3. The summed E-state index contributed by atoms with van der Waals surface area (Å²) >= 11 is 7.82. The summed E-state index contributed by atoms with van der Waals surface area (Å²) in [5, 5.41) is 6.04. The van der Waals surface area contributed by atoms with E-state index >= 15 is 0 Å². The molecule has 5 aromatic carbocycles. The second-order valence-electron chi connectivity index (χ2n) is 24.6. The number of carbonyl (C=O) groups is 4. The van der Waals surface area contributed by atoms with Gasteiger partial charge in [-0.15, -0.1) is 11.8 Å². The third-order valence-electron chi connectivity index (χ3n) is 17.6. The van der Waals surface area contributed by atoms with Gasteiger partial charge in [-0.2, -0.15) is 13.2 Å². The van der Waals surface area contributed by atoms with Gasteiger partial charge in [-0.25, -0.2) is 21.6 Å². The van der Waals surface area contributed by atoms with Crippen LogP contribution in [-0.4, -0.2) is 168 Å². The number of hydrogen-bond donors (Lipinski definition) is 3. The molecule has 3 N–H and O–H groups in total. The average Bonchev–Trinajstić information content (AvgIpc) is 1.09. The summed E-state index contributed by atoms with van der Waals surface area (Å²) in [4.78, 5) is 60.8. The van der Waals surface area contributed by atoms with Crippen molar-refractivity contribution in [2.75, 3.05) is 94.6 Å². The Morgan fingerprint density at radius 1 is 0.879 bits per heavy atom. The molecule has 24 heteroatoms. The summed E-state index contributed by atoms with van der Waals surface area (Å²) in [7, 11) is -11.0. The third-order valence-corrected chi connectivity index (χ3v) is 21.9. The molecule has 5 aliphatic rings. The van der Waals surface area contributed by atoms with Crippen molar-refractivity contribution in [3.63, 3.8) is 0 Å². The molecule has 0 radical (unpaired) electrons. The first-order chi connectivity index (χ1) is 43.4. The number of piperidine rings is 1. The van der Waals surface area contributed by atoms with Crippen molar-refractivity contribution < 1.29 is 53.9 Å². The number of sulfone groups is 1. The van der Waals surface area contributed by atoms with Crippen molar-refractivity contribution in [1.82, 2.24) is 29.6 Å². The maximum Gasteiger partial charge on any atom is 0.501 e. The number of benzene rings is 5. The summed E-state index contributed by atoms with van der Waals surface area (Å²) in [5.41, 5.74) is 0.457. The topological polar surface area (TPSA) is 198 Å². The molecule has 0 saturated carbocycles. The number of piperazine rings is 1. The fourth-order valence-electron chi connectivity index (χ4n) is 12.5. The van der Waals surface area contributed by atoms with Crippen LogP contribution in [0.5, 0.6) is 0 Å². The second-order valence-corrected chi connectivity index (χ2v) is 29.7. The number of sulfonamides is 1. The van der Waals surface area contributed by atoms with Crippen LogP contribution in [0.2, 0.25) is 5.02 Å². The monoisotopic (exact) mass is 1320 g/mol. The van der Waals surface area contributed by atoms with Crippen molar-refractivity contribution in [3.8, 4) is 11.8 Å². The largest absolute Gasteiger partial charge is 0.501 e. The fraction of sp³-hybridized carbons (Fsp3) is 0.433. The number of hydrogen-bond acceptors (Lipinski definition) is 15. The average molecular weight is 1330 g/mol. The SMILES string of the molecule is CC(C)N(CC#Cc1ccc2c(c1)CN(C1CCC(=O)NC1=O)C2=O)C[C@]1(C)CCC(c2ccc(Cl)cc2)=C(CN2CCN(c3ccc(C(=O)NS(=O)(=O)c4ccc(N[C@H](CCN5CCCOCC5)CSc5ccccc5)c(S(=O)(=O)C(F)(F)F)c4)cc3)CC2)C1. The van der Waals surface area contributed by atoms with Crippen molar-refractivity contribution in [2.24, 2.45) is 5.41 Å². The first-order valence-electron chi connectivity index (χ1n) is 30.7. The van der Waals surface area contributed by atoms with E-state index in [0.717, 1.165) is 97.8 Å². The zero-order valence-corrected chi connectivity index (χ0v) is 54.4. The number of ether oxygens (including phenoxy) is 1. The lowest BCUT2D eigenvalue weighted by atomic mass is 9.71. The number of anilines is 2. The molecule has 3 fully saturated rings. The summed E-state index contributed by atoms with van der Waals surface area (Å²) in [6.45, 7) is 15.0. The minimum Gasteiger partial charge on any atom is -0.380 e. The summed E-state index contributed by atoms with van der Waals surface area (Å²) in [6, 6.07) is 30.7. The number of carbonyl (C=O) groups excluding carboxylic acids is 4. The van der Waals surface area contributed by atoms with Crippen LogP contribution in [0, 0.1) is 17.3 Å². The van der Waals surface area contributed by atoms with Crippen molar-refractivity contribution >= 4 is 83.8 Å². The number of fused-ring (bicyclic) bond motifs is 1. The molecule has 484 valence electrons. The highest BCUT2D eigenvalue weighted by molar-refractivity contribution is 7.99. The van der Waals surface area contributed by atoms with Gasteiger partial charge in [0.15, 0.2) is 0 Å². The Hall–Kier alpha value is -6.75. The van der Waals surface area contributed by atoms with E-state index < -0.39 is 64.7 Å². The number of rotatable bonds is 21. The summed E-state index contributed by atoms with van der Waals surface area (Å²) in [5.74, 6) is 5.04. The standard InChI is InChI=1S/C67H76ClF3N8O9S3/c1-46(2)78(30-7-9-47-12-22-58-50(39-47)43-79(65(58)83)60-24-25-62(80)73-64(60)82)45-66(3)28-26-57(48-13-17-52(68)18-14-48)51(41-66)42-76-32-34-77(35-33-76)54-19-15-49(16-20-54)63(81)74-91(86,87)56-21-23-59(61(40-56)90(84,85)67(69,70)71)72-53(44-89-55-10-5-4-6-11-55)27-31-75-29-8-37-88-38-36-75/h4-6,10-23,39-40,46,53,60,72H,8,24-38,41-45H2,1-3H3,(H,74,81)(H,73,80,82)/t53-,60?,66-/m1/s1. The first kappa shape index (κ1) is 67.1. The van der Waals surface area contributed by atoms with Gasteiger partial charge in [-0.3, -0.25) is 34.3 Å². The van der Waals surface area contributed by atoms with E-state index in [1.54, 1.807) is 18.2 Å². The lowest BCUT2D eigenvalue weighted by molar-refractivity contribution is -0.136. The summed E-state index contributed by atoms with van der Waals surface area (Å²) < 4.78 is 105. The third kappa shape index (κ3) is 16.7. The maximum absolute atomic E-state index is 14.4. The molecule has 0 aromatic heterocycles. The van der Waals surface area contributed by atoms with Gasteiger partial charge in [-0.1, -0.05) is 66.3 Å². The van der Waals surface area contributed by atoms with Gasteiger partial charge in [-0.05, 0) is 159 Å². The zero-order chi connectivity index (χ0) is 64.7. The van der Waals surface area contributed by atoms with Crippen LogP contribution in [-0.2, 0) is 40.7 Å². The van der Waals surface area contributed by atoms with Gasteiger partial charge in [0.25, 0.3) is 31.7 Å². The van der Waals surface area contributed by atoms with Crippen molar-refractivity contribution in [2.45, 2.75) is 111 Å². The van der Waals surface area contributed by atoms with Crippen LogP contribution in [0.1, 0.15) is 103 Å². The van der Waals surface area contributed by atoms with Gasteiger partial charge < -0.3 is 24.8 Å². The van der Waals surface area contributed by atoms with Crippen molar-refractivity contribution in [1.29, 1.82) is 0 Å². The number of allylic oxidation sites excluding steroid dienone is 1. The Balaban J connectivity index is 0.769. The molecule has 3 atom stereocenters. The number of nitrogens with one attached hydrogen (secondary N) is 3. The van der Waals surface area contributed by atoms with Gasteiger partial charge in [0.05, 0.1) is 23.7 Å². The molecule has 10 rings (SSSR count). The predicted octanol–water partition coefficient (Wildman–Crippen LogP) is 9.73. The van der Waals surface area contributed by atoms with Gasteiger partial charge in [0.2, 0.25) is 11.8 Å². The Morgan fingerprint density at radius 2 is 1.63 bits per heavy atom. The van der Waals surface area contributed by atoms with E-state index in [9.17, 15) is 49.2 Å². The minimum absolute atomic E-state index is 0.0355. The molecular weight excluding hydrogens is 1250 g/mol. The molecule has 91 heavy (non-hydrogen) atoms. The van der Waals surface area contributed by atoms with Crippen molar-refractivity contribution in [3.05, 3.63) is 154 Å². The Morgan fingerprint density at radius 3 is 2.34 bits per heavy atom. The molecule has 4 heterocycles. The lowest BCUT2D eigenvalue weighted by Crippen LogP contribution is -2.52. The molecule has 17 nitrogen and oxygen atoms in total. The van der Waals surface area contributed by atoms with Crippen LogP contribution in [0.3, 0.4) is 0 Å². The van der Waals surface area contributed by atoms with E-state index in [2.05, 4.69) is 75.0 Å². The fourth-order valence-corrected chi connectivity index (χ4v) is 15.7. The van der Waals surface area contributed by atoms with Crippen LogP contribution < -0.4 is 20.3 Å². The van der Waals surface area contributed by atoms with Crippen LogP contribution >= 0.6 is 23.4 Å². The van der Waals surface area contributed by atoms with E-state index in [0.29, 0.717) is 81.2 Å². The Labute approximate surface area is 540 Å². The molecular formula is C67H76ClF3N8O9S3. The molecule has 3 saturated heterocycles. The smallest absolute Gasteiger partial charge is 0.380 e. The number of nitrogens with zero attached hydrogens (tertiary/aromatic N) is 5. The number of thioether (sulfide) groups is 1. The highest BCUT2D eigenvalue weighted by Gasteiger charge is 2.49. The predicted molar refractivity (Wildman–Crippen MR) is 347 cm³/mol. The zero-order valence-electron chi connectivity index (χ0n) is 51.2. The van der Waals surface area contributed by atoms with E-state index in [4.69, 9.17) is 16.3 Å². The Bertz CT molecular complexity index is 3820. The lowest BCUT2D eigenvalue weighted by Gasteiger charge is -2.43. The maximum atomic E-state index is 14.4. The normalized spacial score (nSPS) is 20.1. The minimum atomic E-state index is -6.10. The van der Waals surface area contributed by atoms with Crippen LogP contribution in [0.4, 0.5) is 24.5 Å². The number of halogens is 4. The summed E-state index contributed by atoms with van der Waals surface area (Å²) in [6.07, 6.45) is 4.43. The number of amides is 4.